The second-order valence-electron chi connectivity index (χ2n) is 9.06. The Labute approximate surface area is 254 Å². The zero-order valence-corrected chi connectivity index (χ0v) is 24.7. The SMILES string of the molecule is CCOc1ccccc1/C=C(/NC(=O)c1ccccc1)C(=O)Nc1cccc(SC(C)C(=O)Nc2ccccc2Cl)c1. The first-order chi connectivity index (χ1) is 20.3. The molecule has 42 heavy (non-hydrogen) atoms. The standard InChI is InChI=1S/C33H30ClN3O4S/c1-3-41-30-19-10-7-14-24(30)20-29(37-32(39)23-12-5-4-6-13-23)33(40)35-25-15-11-16-26(21-25)42-22(2)31(38)36-28-18-9-8-17-27(28)34/h4-22H,3H2,1-2H3,(H,35,40)(H,36,38)(H,37,39)/b29-20+. The second kappa shape index (κ2) is 14.9. The number of rotatable bonds is 11. The predicted octanol–water partition coefficient (Wildman–Crippen LogP) is 7.27. The summed E-state index contributed by atoms with van der Waals surface area (Å²) in [6.07, 6.45) is 1.58. The minimum absolute atomic E-state index is 0.0431. The Kier molecular flexibility index (Phi) is 10.8. The van der Waals surface area contributed by atoms with Crippen molar-refractivity contribution < 1.29 is 19.1 Å². The smallest absolute Gasteiger partial charge is 0.272 e. The molecule has 0 fully saturated rings. The number of hydrogen-bond donors (Lipinski definition) is 3. The summed E-state index contributed by atoms with van der Waals surface area (Å²) >= 11 is 7.51. The van der Waals surface area contributed by atoms with E-state index in [9.17, 15) is 14.4 Å². The summed E-state index contributed by atoms with van der Waals surface area (Å²) in [5.41, 5.74) is 2.14. The lowest BCUT2D eigenvalue weighted by Crippen LogP contribution is -2.30. The molecule has 0 aliphatic heterocycles. The molecule has 9 heteroatoms. The van der Waals surface area contributed by atoms with Crippen molar-refractivity contribution in [3.05, 3.63) is 125 Å². The number of benzene rings is 4. The zero-order chi connectivity index (χ0) is 29.9. The van der Waals surface area contributed by atoms with Crippen molar-refractivity contribution in [3.8, 4) is 5.75 Å². The second-order valence-corrected chi connectivity index (χ2v) is 10.9. The Morgan fingerprint density at radius 3 is 2.36 bits per heavy atom. The largest absolute Gasteiger partial charge is 0.493 e. The summed E-state index contributed by atoms with van der Waals surface area (Å²) in [4.78, 5) is 40.0. The van der Waals surface area contributed by atoms with Gasteiger partial charge in [-0.3, -0.25) is 14.4 Å². The molecule has 0 aliphatic carbocycles. The van der Waals surface area contributed by atoms with Gasteiger partial charge in [0.2, 0.25) is 5.91 Å². The van der Waals surface area contributed by atoms with Crippen molar-refractivity contribution in [1.82, 2.24) is 5.32 Å². The number of nitrogens with one attached hydrogen (secondary N) is 3. The van der Waals surface area contributed by atoms with Gasteiger partial charge in [0, 0.05) is 21.7 Å². The van der Waals surface area contributed by atoms with Gasteiger partial charge in [-0.2, -0.15) is 0 Å². The Balaban J connectivity index is 1.52. The Hall–Kier alpha value is -4.53. The van der Waals surface area contributed by atoms with E-state index in [-0.39, 0.29) is 11.6 Å². The molecule has 4 aromatic carbocycles. The summed E-state index contributed by atoms with van der Waals surface area (Å²) in [6.45, 7) is 4.11. The van der Waals surface area contributed by atoms with Crippen molar-refractivity contribution >= 4 is 58.5 Å². The third kappa shape index (κ3) is 8.49. The highest BCUT2D eigenvalue weighted by atomic mass is 35.5. The molecule has 0 saturated carbocycles. The van der Waals surface area contributed by atoms with E-state index in [1.165, 1.54) is 11.8 Å². The van der Waals surface area contributed by atoms with E-state index in [2.05, 4.69) is 16.0 Å². The molecule has 4 aromatic rings. The van der Waals surface area contributed by atoms with Gasteiger partial charge in [0.1, 0.15) is 11.4 Å². The van der Waals surface area contributed by atoms with Crippen molar-refractivity contribution in [3.63, 3.8) is 0 Å². The summed E-state index contributed by atoms with van der Waals surface area (Å²) in [5.74, 6) is -0.558. The van der Waals surface area contributed by atoms with Gasteiger partial charge in [-0.05, 0) is 68.5 Å². The van der Waals surface area contributed by atoms with E-state index in [1.54, 1.807) is 91.9 Å². The molecular weight excluding hydrogens is 570 g/mol. The molecule has 0 aliphatic rings. The number of thioether (sulfide) groups is 1. The molecule has 1 unspecified atom stereocenters. The van der Waals surface area contributed by atoms with E-state index in [0.717, 1.165) is 4.90 Å². The number of para-hydroxylation sites is 2. The number of ether oxygens (including phenoxy) is 1. The van der Waals surface area contributed by atoms with Gasteiger partial charge >= 0.3 is 0 Å². The van der Waals surface area contributed by atoms with Crippen LogP contribution in [0.3, 0.4) is 0 Å². The molecule has 0 heterocycles. The zero-order valence-electron chi connectivity index (χ0n) is 23.1. The van der Waals surface area contributed by atoms with Crippen LogP contribution in [0.25, 0.3) is 6.08 Å². The maximum atomic E-state index is 13.5. The van der Waals surface area contributed by atoms with Crippen LogP contribution in [0.5, 0.6) is 5.75 Å². The number of halogens is 1. The van der Waals surface area contributed by atoms with Crippen molar-refractivity contribution in [2.45, 2.75) is 24.0 Å². The Bertz CT molecular complexity index is 1590. The lowest BCUT2D eigenvalue weighted by atomic mass is 10.1. The molecule has 4 rings (SSSR count). The number of carbonyl (C=O) groups excluding carboxylic acids is 3. The van der Waals surface area contributed by atoms with Crippen LogP contribution >= 0.6 is 23.4 Å². The number of hydrogen-bond acceptors (Lipinski definition) is 5. The fourth-order valence-corrected chi connectivity index (χ4v) is 4.99. The van der Waals surface area contributed by atoms with Crippen molar-refractivity contribution in [1.29, 1.82) is 0 Å². The van der Waals surface area contributed by atoms with Gasteiger partial charge < -0.3 is 20.7 Å². The predicted molar refractivity (Wildman–Crippen MR) is 170 cm³/mol. The monoisotopic (exact) mass is 599 g/mol. The van der Waals surface area contributed by atoms with Gasteiger partial charge in [-0.25, -0.2) is 0 Å². The third-order valence-electron chi connectivity index (χ3n) is 5.95. The average molecular weight is 600 g/mol. The molecule has 3 N–H and O–H groups in total. The lowest BCUT2D eigenvalue weighted by molar-refractivity contribution is -0.115. The lowest BCUT2D eigenvalue weighted by Gasteiger charge is -2.15. The summed E-state index contributed by atoms with van der Waals surface area (Å²) in [7, 11) is 0. The van der Waals surface area contributed by atoms with E-state index in [4.69, 9.17) is 16.3 Å². The molecule has 7 nitrogen and oxygen atoms in total. The molecule has 0 aromatic heterocycles. The molecule has 0 bridgehead atoms. The van der Waals surface area contributed by atoms with Crippen LogP contribution in [0.2, 0.25) is 5.02 Å². The summed E-state index contributed by atoms with van der Waals surface area (Å²) in [5, 5.41) is 8.47. The molecular formula is C33H30ClN3O4S. The van der Waals surface area contributed by atoms with E-state index >= 15 is 0 Å². The molecule has 3 amide bonds. The fraction of sp³-hybridized carbons (Fsp3) is 0.121. The first-order valence-corrected chi connectivity index (χ1v) is 14.5. The normalized spacial score (nSPS) is 11.7. The van der Waals surface area contributed by atoms with Gasteiger partial charge in [-0.15, -0.1) is 11.8 Å². The van der Waals surface area contributed by atoms with Crippen LogP contribution in [0, 0.1) is 0 Å². The van der Waals surface area contributed by atoms with Crippen LogP contribution in [-0.2, 0) is 9.59 Å². The van der Waals surface area contributed by atoms with Crippen LogP contribution in [-0.4, -0.2) is 29.6 Å². The summed E-state index contributed by atoms with van der Waals surface area (Å²) in [6, 6.07) is 30.1. The Morgan fingerprint density at radius 1 is 0.881 bits per heavy atom. The number of anilines is 2. The van der Waals surface area contributed by atoms with E-state index < -0.39 is 17.1 Å². The molecule has 0 saturated heterocycles. The van der Waals surface area contributed by atoms with Crippen LogP contribution in [0.1, 0.15) is 29.8 Å². The van der Waals surface area contributed by atoms with Crippen molar-refractivity contribution in [2.24, 2.45) is 0 Å². The Morgan fingerprint density at radius 2 is 1.60 bits per heavy atom. The molecule has 1 atom stereocenters. The number of carbonyl (C=O) groups is 3. The highest BCUT2D eigenvalue weighted by Crippen LogP contribution is 2.28. The maximum absolute atomic E-state index is 13.5. The average Bonchev–Trinajstić information content (AvgIpc) is 2.99. The van der Waals surface area contributed by atoms with E-state index in [0.29, 0.717) is 39.9 Å². The van der Waals surface area contributed by atoms with Crippen LogP contribution < -0.4 is 20.7 Å². The first kappa shape index (κ1) is 30.4. The number of amides is 3. The van der Waals surface area contributed by atoms with Crippen LogP contribution in [0.15, 0.2) is 114 Å². The van der Waals surface area contributed by atoms with Gasteiger partial charge in [0.15, 0.2) is 0 Å². The van der Waals surface area contributed by atoms with Gasteiger partial charge in [0.05, 0.1) is 22.6 Å². The van der Waals surface area contributed by atoms with Gasteiger partial charge in [0.25, 0.3) is 11.8 Å². The minimum Gasteiger partial charge on any atom is -0.493 e. The molecule has 0 spiro atoms. The summed E-state index contributed by atoms with van der Waals surface area (Å²) < 4.78 is 5.71. The third-order valence-corrected chi connectivity index (χ3v) is 7.38. The highest BCUT2D eigenvalue weighted by Gasteiger charge is 2.18. The minimum atomic E-state index is -0.516. The quantitative estimate of drug-likeness (QED) is 0.124. The topological polar surface area (TPSA) is 96.5 Å². The van der Waals surface area contributed by atoms with Gasteiger partial charge in [-0.1, -0.05) is 66.2 Å². The van der Waals surface area contributed by atoms with E-state index in [1.807, 2.05) is 31.2 Å². The first-order valence-electron chi connectivity index (χ1n) is 13.3. The fourth-order valence-electron chi connectivity index (χ4n) is 3.88. The van der Waals surface area contributed by atoms with Crippen LogP contribution in [0.4, 0.5) is 11.4 Å². The molecule has 0 radical (unpaired) electrons. The molecule has 214 valence electrons. The van der Waals surface area contributed by atoms with Crippen molar-refractivity contribution in [2.75, 3.05) is 17.2 Å². The highest BCUT2D eigenvalue weighted by molar-refractivity contribution is 8.00. The maximum Gasteiger partial charge on any atom is 0.272 e.